The smallest absolute Gasteiger partial charge is 0.367 e. The average molecular weight is 380 g/mol. The van der Waals surface area contributed by atoms with E-state index in [4.69, 9.17) is 27.9 Å². The molecule has 0 saturated heterocycles. The molecule has 7 heteroatoms. The van der Waals surface area contributed by atoms with Gasteiger partial charge in [0.2, 0.25) is 0 Å². The van der Waals surface area contributed by atoms with E-state index < -0.39 is 5.97 Å². The molecule has 3 rings (SSSR count). The van der Waals surface area contributed by atoms with Gasteiger partial charge in [0.1, 0.15) is 18.2 Å². The van der Waals surface area contributed by atoms with Gasteiger partial charge in [-0.3, -0.25) is 0 Å². The van der Waals surface area contributed by atoms with Crippen LogP contribution in [0.5, 0.6) is 5.75 Å². The van der Waals surface area contributed by atoms with E-state index in [1.807, 2.05) is 0 Å². The predicted molar refractivity (Wildman–Crippen MR) is 94.4 cm³/mol. The van der Waals surface area contributed by atoms with Crippen molar-refractivity contribution in [2.45, 2.75) is 13.5 Å². The van der Waals surface area contributed by atoms with Crippen molar-refractivity contribution in [2.75, 3.05) is 0 Å². The molecule has 2 aromatic carbocycles. The molecule has 4 nitrogen and oxygen atoms in total. The minimum absolute atomic E-state index is 0.104. The summed E-state index contributed by atoms with van der Waals surface area (Å²) in [7, 11) is 0. The number of ether oxygens (including phenoxy) is 1. The summed E-state index contributed by atoms with van der Waals surface area (Å²) in [6.07, 6.45) is 1.55. The average Bonchev–Trinajstić information content (AvgIpc) is 2.86. The zero-order chi connectivity index (χ0) is 18.0. The predicted octanol–water partition coefficient (Wildman–Crippen LogP) is 5.03. The molecule has 2 aromatic rings. The summed E-state index contributed by atoms with van der Waals surface area (Å²) in [6, 6.07) is 9.18. The van der Waals surface area contributed by atoms with Gasteiger partial charge in [0, 0.05) is 10.6 Å². The fraction of sp³-hybridized carbons (Fsp3) is 0.111. The Bertz CT molecular complexity index is 909. The van der Waals surface area contributed by atoms with Crippen molar-refractivity contribution >= 4 is 41.0 Å². The molecule has 0 aliphatic carbocycles. The molecule has 0 amide bonds. The number of carbonyl (C=O) groups excluding carboxylic acids is 1. The molecule has 0 N–H and O–H groups in total. The van der Waals surface area contributed by atoms with Gasteiger partial charge < -0.3 is 9.57 Å². The Morgan fingerprint density at radius 3 is 2.76 bits per heavy atom. The molecule has 25 heavy (non-hydrogen) atoms. The highest BCUT2D eigenvalue weighted by molar-refractivity contribution is 6.36. The quantitative estimate of drug-likeness (QED) is 0.552. The molecule has 0 spiro atoms. The van der Waals surface area contributed by atoms with E-state index in [1.165, 1.54) is 18.2 Å². The second-order valence-corrected chi connectivity index (χ2v) is 6.18. The Morgan fingerprint density at radius 2 is 2.08 bits per heavy atom. The fourth-order valence-corrected chi connectivity index (χ4v) is 2.86. The van der Waals surface area contributed by atoms with E-state index in [9.17, 15) is 9.18 Å². The molecule has 1 heterocycles. The van der Waals surface area contributed by atoms with Crippen LogP contribution in [0.15, 0.2) is 47.1 Å². The molecule has 0 atom stereocenters. The lowest BCUT2D eigenvalue weighted by Crippen LogP contribution is -2.03. The summed E-state index contributed by atoms with van der Waals surface area (Å²) in [5.74, 6) is -0.591. The van der Waals surface area contributed by atoms with Gasteiger partial charge in [-0.2, -0.15) is 0 Å². The maximum Gasteiger partial charge on any atom is 0.367 e. The molecule has 0 saturated carbocycles. The molecule has 128 valence electrons. The van der Waals surface area contributed by atoms with Crippen LogP contribution >= 0.6 is 23.2 Å². The first-order chi connectivity index (χ1) is 11.9. The van der Waals surface area contributed by atoms with Crippen LogP contribution in [-0.4, -0.2) is 11.7 Å². The van der Waals surface area contributed by atoms with Crippen LogP contribution in [0.1, 0.15) is 18.1 Å². The highest BCUT2D eigenvalue weighted by Crippen LogP contribution is 2.35. The number of benzene rings is 2. The lowest BCUT2D eigenvalue weighted by Gasteiger charge is -2.12. The number of rotatable bonds is 4. The summed E-state index contributed by atoms with van der Waals surface area (Å²) in [5, 5.41) is 4.28. The lowest BCUT2D eigenvalue weighted by molar-refractivity contribution is -0.136. The highest BCUT2D eigenvalue weighted by atomic mass is 35.5. The third kappa shape index (κ3) is 4.00. The van der Waals surface area contributed by atoms with Crippen LogP contribution in [0.25, 0.3) is 6.08 Å². The van der Waals surface area contributed by atoms with E-state index in [0.717, 1.165) is 0 Å². The van der Waals surface area contributed by atoms with Crippen LogP contribution in [0.3, 0.4) is 0 Å². The molecule has 1 aliphatic rings. The third-order valence-corrected chi connectivity index (χ3v) is 3.98. The molecular weight excluding hydrogens is 368 g/mol. The lowest BCUT2D eigenvalue weighted by atomic mass is 10.1. The summed E-state index contributed by atoms with van der Waals surface area (Å²) in [5.41, 5.74) is 1.87. The van der Waals surface area contributed by atoms with Gasteiger partial charge in [-0.25, -0.2) is 9.18 Å². The Morgan fingerprint density at radius 1 is 1.28 bits per heavy atom. The standard InChI is InChI=1S/C18H12Cl2FNO3/c1-10-15(18(23)25-22-10)7-12-6-13(19)8-16(20)17(12)24-9-11-3-2-4-14(21)5-11/h2-8H,9H2,1H3/b15-7-. The molecule has 1 aliphatic heterocycles. The Kier molecular flexibility index (Phi) is 5.06. The zero-order valence-corrected chi connectivity index (χ0v) is 14.6. The summed E-state index contributed by atoms with van der Waals surface area (Å²) in [4.78, 5) is 16.4. The van der Waals surface area contributed by atoms with Crippen molar-refractivity contribution in [3.05, 3.63) is 69.0 Å². The second-order valence-electron chi connectivity index (χ2n) is 5.34. The number of halogens is 3. The first-order valence-electron chi connectivity index (χ1n) is 7.28. The van der Waals surface area contributed by atoms with Crippen molar-refractivity contribution in [1.29, 1.82) is 0 Å². The van der Waals surface area contributed by atoms with Crippen LogP contribution in [0.2, 0.25) is 10.0 Å². The third-order valence-electron chi connectivity index (χ3n) is 3.48. The maximum atomic E-state index is 13.3. The number of hydrogen-bond acceptors (Lipinski definition) is 4. The Balaban J connectivity index is 1.94. The molecule has 0 aromatic heterocycles. The van der Waals surface area contributed by atoms with Crippen LogP contribution < -0.4 is 4.74 Å². The highest BCUT2D eigenvalue weighted by Gasteiger charge is 2.23. The molecule has 0 fully saturated rings. The van der Waals surface area contributed by atoms with Gasteiger partial charge in [0.25, 0.3) is 0 Å². The van der Waals surface area contributed by atoms with E-state index >= 15 is 0 Å². The number of nitrogens with zero attached hydrogens (tertiary/aromatic N) is 1. The van der Waals surface area contributed by atoms with Gasteiger partial charge in [-0.05, 0) is 42.8 Å². The second kappa shape index (κ2) is 7.25. The van der Waals surface area contributed by atoms with Crippen LogP contribution in [0.4, 0.5) is 4.39 Å². The number of oxime groups is 1. The van der Waals surface area contributed by atoms with Crippen molar-refractivity contribution in [3.63, 3.8) is 0 Å². The van der Waals surface area contributed by atoms with Crippen molar-refractivity contribution < 1.29 is 18.8 Å². The SMILES string of the molecule is CC1=NOC(=O)/C1=C\c1cc(Cl)cc(Cl)c1OCc1cccc(F)c1. The Hall–Kier alpha value is -2.37. The topological polar surface area (TPSA) is 47.9 Å². The van der Waals surface area contributed by atoms with Gasteiger partial charge in [0.05, 0.1) is 16.3 Å². The number of hydrogen-bond donors (Lipinski definition) is 0. The first-order valence-corrected chi connectivity index (χ1v) is 8.04. The monoisotopic (exact) mass is 379 g/mol. The molecule has 0 bridgehead atoms. The van der Waals surface area contributed by atoms with Gasteiger partial charge >= 0.3 is 5.97 Å². The fourth-order valence-electron chi connectivity index (χ4n) is 2.30. The van der Waals surface area contributed by atoms with Crippen LogP contribution in [0, 0.1) is 5.82 Å². The zero-order valence-electron chi connectivity index (χ0n) is 13.1. The minimum atomic E-state index is -0.565. The summed E-state index contributed by atoms with van der Waals surface area (Å²) >= 11 is 12.3. The van der Waals surface area contributed by atoms with Gasteiger partial charge in [0.15, 0.2) is 0 Å². The number of carbonyl (C=O) groups is 1. The molecular formula is C18H12Cl2FNO3. The normalized spacial score (nSPS) is 15.3. The van der Waals surface area contributed by atoms with E-state index in [-0.39, 0.29) is 23.0 Å². The minimum Gasteiger partial charge on any atom is -0.487 e. The van der Waals surface area contributed by atoms with Crippen molar-refractivity contribution in [1.82, 2.24) is 0 Å². The molecule has 0 unspecified atom stereocenters. The maximum absolute atomic E-state index is 13.3. The van der Waals surface area contributed by atoms with Crippen LogP contribution in [-0.2, 0) is 16.2 Å². The van der Waals surface area contributed by atoms with E-state index in [2.05, 4.69) is 9.99 Å². The van der Waals surface area contributed by atoms with Crippen molar-refractivity contribution in [2.24, 2.45) is 5.16 Å². The summed E-state index contributed by atoms with van der Waals surface area (Å²) in [6.45, 7) is 1.75. The van der Waals surface area contributed by atoms with Gasteiger partial charge in [-0.15, -0.1) is 0 Å². The van der Waals surface area contributed by atoms with Gasteiger partial charge in [-0.1, -0.05) is 40.5 Å². The molecule has 0 radical (unpaired) electrons. The summed E-state index contributed by atoms with van der Waals surface area (Å²) < 4.78 is 19.0. The van der Waals surface area contributed by atoms with Crippen molar-refractivity contribution in [3.8, 4) is 5.75 Å². The largest absolute Gasteiger partial charge is 0.487 e. The Labute approximate surface area is 153 Å². The first kappa shape index (κ1) is 17.5. The van der Waals surface area contributed by atoms with E-state index in [1.54, 1.807) is 31.2 Å². The van der Waals surface area contributed by atoms with E-state index in [0.29, 0.717) is 27.6 Å².